The topological polar surface area (TPSA) is 15.3 Å². The summed E-state index contributed by atoms with van der Waals surface area (Å²) in [7, 11) is 0. The molecule has 2 heterocycles. The van der Waals surface area contributed by atoms with E-state index >= 15 is 0 Å². The van der Waals surface area contributed by atoms with Crippen LogP contribution in [0.5, 0.6) is 0 Å². The number of hydrogen-bond donors (Lipinski definition) is 1. The van der Waals surface area contributed by atoms with E-state index in [1.807, 2.05) is 0 Å². The summed E-state index contributed by atoms with van der Waals surface area (Å²) in [6.45, 7) is 12.4. The third-order valence-electron chi connectivity index (χ3n) is 4.69. The highest BCUT2D eigenvalue weighted by atomic mass is 15.2. The van der Waals surface area contributed by atoms with Crippen LogP contribution >= 0.6 is 0 Å². The van der Waals surface area contributed by atoms with Crippen molar-refractivity contribution in [3.05, 3.63) is 0 Å². The van der Waals surface area contributed by atoms with Crippen LogP contribution in [0.1, 0.15) is 52.9 Å². The van der Waals surface area contributed by atoms with Gasteiger partial charge in [0.25, 0.3) is 0 Å². The van der Waals surface area contributed by atoms with Crippen molar-refractivity contribution in [1.82, 2.24) is 10.2 Å². The van der Waals surface area contributed by atoms with Gasteiger partial charge in [-0.15, -0.1) is 0 Å². The summed E-state index contributed by atoms with van der Waals surface area (Å²) < 4.78 is 0. The fourth-order valence-corrected chi connectivity index (χ4v) is 3.43. The molecular formula is C15H30N2. The lowest BCUT2D eigenvalue weighted by atomic mass is 9.77. The lowest BCUT2D eigenvalue weighted by Gasteiger charge is -2.30. The van der Waals surface area contributed by atoms with E-state index < -0.39 is 0 Å². The minimum atomic E-state index is 0.502. The molecule has 100 valence electrons. The summed E-state index contributed by atoms with van der Waals surface area (Å²) in [5.41, 5.74) is 0.502. The van der Waals surface area contributed by atoms with Gasteiger partial charge in [-0.3, -0.25) is 0 Å². The van der Waals surface area contributed by atoms with Gasteiger partial charge in [0.2, 0.25) is 0 Å². The lowest BCUT2D eigenvalue weighted by molar-refractivity contribution is 0.204. The maximum absolute atomic E-state index is 3.62. The molecule has 2 saturated heterocycles. The van der Waals surface area contributed by atoms with Crippen molar-refractivity contribution in [3.8, 4) is 0 Å². The van der Waals surface area contributed by atoms with Gasteiger partial charge in [-0.05, 0) is 63.1 Å². The maximum atomic E-state index is 3.62. The number of likely N-dealkylation sites (tertiary alicyclic amines) is 1. The highest BCUT2D eigenvalue weighted by molar-refractivity contribution is 4.82. The van der Waals surface area contributed by atoms with Crippen LogP contribution in [0.4, 0.5) is 0 Å². The van der Waals surface area contributed by atoms with Crippen LogP contribution in [-0.4, -0.2) is 37.1 Å². The van der Waals surface area contributed by atoms with Gasteiger partial charge in [0, 0.05) is 12.6 Å². The number of hydrogen-bond acceptors (Lipinski definition) is 2. The molecule has 2 aliphatic heterocycles. The van der Waals surface area contributed by atoms with Gasteiger partial charge in [-0.25, -0.2) is 0 Å². The molecule has 2 fully saturated rings. The molecule has 2 nitrogen and oxygen atoms in total. The number of rotatable bonds is 2. The van der Waals surface area contributed by atoms with E-state index in [0.29, 0.717) is 5.41 Å². The summed E-state index contributed by atoms with van der Waals surface area (Å²) in [4.78, 5) is 2.70. The van der Waals surface area contributed by atoms with Crippen LogP contribution in [0.25, 0.3) is 0 Å². The van der Waals surface area contributed by atoms with Crippen molar-refractivity contribution in [1.29, 1.82) is 0 Å². The second kappa shape index (κ2) is 5.71. The standard InChI is InChI=1S/C15H30N2/c1-15(2,3)13-6-5-10-17(11-8-13)12-14-7-4-9-16-14/h13-14,16H,4-12H2,1-3H3/t13?,14-/m0/s1. The van der Waals surface area contributed by atoms with Gasteiger partial charge < -0.3 is 10.2 Å². The Morgan fingerprint density at radius 1 is 1.06 bits per heavy atom. The molecule has 2 heteroatoms. The molecule has 0 aliphatic carbocycles. The van der Waals surface area contributed by atoms with Crippen molar-refractivity contribution in [2.45, 2.75) is 58.9 Å². The van der Waals surface area contributed by atoms with Crippen molar-refractivity contribution in [2.24, 2.45) is 11.3 Å². The van der Waals surface area contributed by atoms with E-state index in [1.165, 1.54) is 58.3 Å². The predicted molar refractivity (Wildman–Crippen MR) is 74.3 cm³/mol. The maximum Gasteiger partial charge on any atom is 0.0195 e. The molecule has 0 aromatic rings. The van der Waals surface area contributed by atoms with Crippen LogP contribution in [0.15, 0.2) is 0 Å². The van der Waals surface area contributed by atoms with E-state index in [9.17, 15) is 0 Å². The first-order valence-corrected chi connectivity index (χ1v) is 7.51. The first kappa shape index (κ1) is 13.4. The molecule has 17 heavy (non-hydrogen) atoms. The Morgan fingerprint density at radius 2 is 1.88 bits per heavy atom. The zero-order valence-electron chi connectivity index (χ0n) is 12.0. The van der Waals surface area contributed by atoms with Gasteiger partial charge >= 0.3 is 0 Å². The fraction of sp³-hybridized carbons (Fsp3) is 1.00. The first-order valence-electron chi connectivity index (χ1n) is 7.51. The Balaban J connectivity index is 1.79. The molecule has 2 aliphatic rings. The molecule has 0 radical (unpaired) electrons. The first-order chi connectivity index (χ1) is 8.05. The van der Waals surface area contributed by atoms with Gasteiger partial charge in [-0.1, -0.05) is 20.8 Å². The van der Waals surface area contributed by atoms with E-state index in [-0.39, 0.29) is 0 Å². The Morgan fingerprint density at radius 3 is 2.53 bits per heavy atom. The average Bonchev–Trinajstić information content (AvgIpc) is 2.61. The van der Waals surface area contributed by atoms with Crippen molar-refractivity contribution in [2.75, 3.05) is 26.2 Å². The molecule has 2 atom stereocenters. The van der Waals surface area contributed by atoms with Crippen LogP contribution in [-0.2, 0) is 0 Å². The Hall–Kier alpha value is -0.0800. The van der Waals surface area contributed by atoms with Crippen molar-refractivity contribution < 1.29 is 0 Å². The molecule has 0 saturated carbocycles. The summed E-state index contributed by atoms with van der Waals surface area (Å²) in [6.07, 6.45) is 6.99. The molecule has 0 aromatic carbocycles. The van der Waals surface area contributed by atoms with E-state index in [4.69, 9.17) is 0 Å². The van der Waals surface area contributed by atoms with Gasteiger partial charge in [0.1, 0.15) is 0 Å². The van der Waals surface area contributed by atoms with Crippen LogP contribution in [0.3, 0.4) is 0 Å². The SMILES string of the molecule is CC(C)(C)C1CCCN(C[C@@H]2CCCN2)CC1. The van der Waals surface area contributed by atoms with Gasteiger partial charge in [0.05, 0.1) is 0 Å². The monoisotopic (exact) mass is 238 g/mol. The lowest BCUT2D eigenvalue weighted by Crippen LogP contribution is -2.38. The van der Waals surface area contributed by atoms with Crippen LogP contribution in [0, 0.1) is 11.3 Å². The Bertz CT molecular complexity index is 226. The van der Waals surface area contributed by atoms with Crippen molar-refractivity contribution >= 4 is 0 Å². The number of nitrogens with zero attached hydrogens (tertiary/aromatic N) is 1. The second-order valence-corrected chi connectivity index (χ2v) is 7.09. The molecule has 0 amide bonds. The van der Waals surface area contributed by atoms with Crippen molar-refractivity contribution in [3.63, 3.8) is 0 Å². The predicted octanol–water partition coefficient (Wildman–Crippen LogP) is 2.89. The third-order valence-corrected chi connectivity index (χ3v) is 4.69. The third kappa shape index (κ3) is 3.96. The molecule has 2 rings (SSSR count). The van der Waals surface area contributed by atoms with Crippen LogP contribution < -0.4 is 5.32 Å². The highest BCUT2D eigenvalue weighted by Crippen LogP contribution is 2.34. The summed E-state index contributed by atoms with van der Waals surface area (Å²) in [5.74, 6) is 0.920. The second-order valence-electron chi connectivity index (χ2n) is 7.09. The molecular weight excluding hydrogens is 208 g/mol. The summed E-state index contributed by atoms with van der Waals surface area (Å²) in [5, 5.41) is 3.62. The minimum absolute atomic E-state index is 0.502. The largest absolute Gasteiger partial charge is 0.313 e. The quantitative estimate of drug-likeness (QED) is 0.796. The molecule has 0 spiro atoms. The molecule has 0 aromatic heterocycles. The zero-order chi connectivity index (χ0) is 12.3. The Labute approximate surface area is 107 Å². The van der Waals surface area contributed by atoms with Gasteiger partial charge in [0.15, 0.2) is 0 Å². The summed E-state index contributed by atoms with van der Waals surface area (Å²) >= 11 is 0. The van der Waals surface area contributed by atoms with E-state index in [0.717, 1.165) is 12.0 Å². The minimum Gasteiger partial charge on any atom is -0.313 e. The van der Waals surface area contributed by atoms with E-state index in [2.05, 4.69) is 31.0 Å². The Kier molecular flexibility index (Phi) is 4.48. The molecule has 1 unspecified atom stereocenters. The average molecular weight is 238 g/mol. The number of nitrogens with one attached hydrogen (secondary N) is 1. The smallest absolute Gasteiger partial charge is 0.0195 e. The van der Waals surface area contributed by atoms with Crippen LogP contribution in [0.2, 0.25) is 0 Å². The van der Waals surface area contributed by atoms with Gasteiger partial charge in [-0.2, -0.15) is 0 Å². The molecule has 1 N–H and O–H groups in total. The normalized spacial score (nSPS) is 32.6. The highest BCUT2D eigenvalue weighted by Gasteiger charge is 2.27. The van der Waals surface area contributed by atoms with E-state index in [1.54, 1.807) is 0 Å². The summed E-state index contributed by atoms with van der Waals surface area (Å²) in [6, 6.07) is 0.779. The molecule has 0 bridgehead atoms. The zero-order valence-corrected chi connectivity index (χ0v) is 12.0. The fourth-order valence-electron chi connectivity index (χ4n) is 3.43.